The quantitative estimate of drug-likeness (QED) is 0.449. The molecular formula is C24H22F2N6OS. The number of nitrogen functional groups attached to an aromatic ring is 1. The number of hydrogen-bond donors (Lipinski definition) is 2. The summed E-state index contributed by atoms with van der Waals surface area (Å²) in [4.78, 5) is 15.4. The standard InChI is InChI=1S/C24H22F2N6OS/c1-3-11-8-15-19(18(26)17(11)14-6-7-16(25)21-20(14)29-23(27)34-21)30-24(33-2)31-22(15)32-9-12-4-5-13(10-32)28-12/h3,6-8,12-13,28H,1,4-5,9-10H2,2H3,(H2,27,29). The number of nitrogens with two attached hydrogens (primary N) is 1. The van der Waals surface area contributed by atoms with Crippen molar-refractivity contribution >= 4 is 49.5 Å². The van der Waals surface area contributed by atoms with Crippen LogP contribution in [0.3, 0.4) is 0 Å². The summed E-state index contributed by atoms with van der Waals surface area (Å²) in [5, 5.41) is 4.39. The monoisotopic (exact) mass is 480 g/mol. The van der Waals surface area contributed by atoms with Crippen molar-refractivity contribution in [2.75, 3.05) is 30.8 Å². The minimum atomic E-state index is -0.563. The number of rotatable bonds is 4. The molecule has 6 rings (SSSR count). The summed E-state index contributed by atoms with van der Waals surface area (Å²) in [5.41, 5.74) is 7.50. The van der Waals surface area contributed by atoms with Crippen LogP contribution in [0, 0.1) is 11.6 Å². The van der Waals surface area contributed by atoms with Gasteiger partial charge < -0.3 is 20.7 Å². The second kappa shape index (κ2) is 7.85. The summed E-state index contributed by atoms with van der Waals surface area (Å²) in [6, 6.07) is 5.49. The molecule has 0 radical (unpaired) electrons. The minimum absolute atomic E-state index is 0.0896. The van der Waals surface area contributed by atoms with E-state index >= 15 is 4.39 Å². The molecule has 2 unspecified atom stereocenters. The van der Waals surface area contributed by atoms with Gasteiger partial charge in [0.1, 0.15) is 17.2 Å². The molecule has 2 aromatic heterocycles. The normalized spacial score (nSPS) is 19.8. The van der Waals surface area contributed by atoms with Crippen LogP contribution in [0.1, 0.15) is 18.4 Å². The molecule has 4 aromatic rings. The van der Waals surface area contributed by atoms with Gasteiger partial charge in [-0.1, -0.05) is 24.0 Å². The SMILES string of the molecule is C=Cc1cc2c(N3CC4CCC(C3)N4)nc(OC)nc2c(F)c1-c1ccc(F)c2sc(N)nc12. The Labute approximate surface area is 198 Å². The first-order chi connectivity index (χ1) is 16.5. The van der Waals surface area contributed by atoms with Gasteiger partial charge in [0.15, 0.2) is 10.9 Å². The Kier molecular flexibility index (Phi) is 4.89. The highest BCUT2D eigenvalue weighted by molar-refractivity contribution is 7.22. The van der Waals surface area contributed by atoms with E-state index in [0.29, 0.717) is 39.9 Å². The van der Waals surface area contributed by atoms with E-state index in [1.807, 2.05) is 6.07 Å². The van der Waals surface area contributed by atoms with Crippen LogP contribution < -0.4 is 20.7 Å². The summed E-state index contributed by atoms with van der Waals surface area (Å²) < 4.78 is 36.3. The molecule has 0 aliphatic carbocycles. The van der Waals surface area contributed by atoms with Crippen molar-refractivity contribution in [3.63, 3.8) is 0 Å². The molecule has 0 saturated carbocycles. The summed E-state index contributed by atoms with van der Waals surface area (Å²) in [6.45, 7) is 5.45. The second-order valence-corrected chi connectivity index (χ2v) is 9.69. The lowest BCUT2D eigenvalue weighted by Crippen LogP contribution is -2.51. The molecule has 2 aliphatic rings. The van der Waals surface area contributed by atoms with Gasteiger partial charge in [0.25, 0.3) is 0 Å². The van der Waals surface area contributed by atoms with Gasteiger partial charge in [0, 0.05) is 41.7 Å². The lowest BCUT2D eigenvalue weighted by Gasteiger charge is -2.34. The lowest BCUT2D eigenvalue weighted by molar-refractivity contribution is 0.380. The van der Waals surface area contributed by atoms with Crippen molar-refractivity contribution < 1.29 is 13.5 Å². The molecule has 2 atom stereocenters. The smallest absolute Gasteiger partial charge is 0.318 e. The number of benzene rings is 2. The van der Waals surface area contributed by atoms with E-state index in [4.69, 9.17) is 10.5 Å². The van der Waals surface area contributed by atoms with Gasteiger partial charge in [-0.05, 0) is 36.6 Å². The maximum Gasteiger partial charge on any atom is 0.318 e. The molecule has 34 heavy (non-hydrogen) atoms. The highest BCUT2D eigenvalue weighted by Crippen LogP contribution is 2.41. The molecular weight excluding hydrogens is 458 g/mol. The number of aromatic nitrogens is 3. The largest absolute Gasteiger partial charge is 0.467 e. The van der Waals surface area contributed by atoms with Crippen LogP contribution in [0.2, 0.25) is 0 Å². The van der Waals surface area contributed by atoms with Crippen LogP contribution in [0.25, 0.3) is 38.3 Å². The first kappa shape index (κ1) is 21.2. The zero-order valence-electron chi connectivity index (χ0n) is 18.4. The number of fused-ring (bicyclic) bond motifs is 4. The highest BCUT2D eigenvalue weighted by Gasteiger charge is 2.34. The number of ether oxygens (including phenoxy) is 1. The van der Waals surface area contributed by atoms with Crippen LogP contribution >= 0.6 is 11.3 Å². The maximum absolute atomic E-state index is 16.3. The van der Waals surface area contributed by atoms with Gasteiger partial charge in [-0.2, -0.15) is 9.97 Å². The molecule has 2 saturated heterocycles. The third kappa shape index (κ3) is 3.20. The van der Waals surface area contributed by atoms with Crippen molar-refractivity contribution in [2.24, 2.45) is 0 Å². The first-order valence-electron chi connectivity index (χ1n) is 11.0. The van der Waals surface area contributed by atoms with E-state index in [1.165, 1.54) is 19.2 Å². The third-order valence-corrected chi connectivity index (χ3v) is 7.51. The van der Waals surface area contributed by atoms with E-state index < -0.39 is 11.6 Å². The van der Waals surface area contributed by atoms with Gasteiger partial charge >= 0.3 is 6.01 Å². The summed E-state index contributed by atoms with van der Waals surface area (Å²) in [6.07, 6.45) is 3.79. The van der Waals surface area contributed by atoms with Gasteiger partial charge in [-0.25, -0.2) is 13.8 Å². The van der Waals surface area contributed by atoms with Crippen LogP contribution in [-0.4, -0.2) is 47.2 Å². The number of piperazine rings is 1. The molecule has 2 aromatic carbocycles. The lowest BCUT2D eigenvalue weighted by atomic mass is 9.95. The van der Waals surface area contributed by atoms with Crippen molar-refractivity contribution in [3.8, 4) is 17.1 Å². The van der Waals surface area contributed by atoms with Crippen LogP contribution in [0.5, 0.6) is 6.01 Å². The summed E-state index contributed by atoms with van der Waals surface area (Å²) in [7, 11) is 1.46. The Morgan fingerprint density at radius 2 is 1.94 bits per heavy atom. The van der Waals surface area contributed by atoms with Gasteiger partial charge in [0.2, 0.25) is 0 Å². The molecule has 2 bridgehead atoms. The average Bonchev–Trinajstić information content (AvgIpc) is 3.40. The first-order valence-corrected chi connectivity index (χ1v) is 11.8. The summed E-state index contributed by atoms with van der Waals surface area (Å²) in [5.74, 6) is -0.378. The zero-order chi connectivity index (χ0) is 23.6. The Bertz CT molecular complexity index is 1460. The molecule has 3 N–H and O–H groups in total. The van der Waals surface area contributed by atoms with Crippen molar-refractivity contribution in [1.82, 2.24) is 20.3 Å². The minimum Gasteiger partial charge on any atom is -0.467 e. The van der Waals surface area contributed by atoms with Crippen LogP contribution in [0.15, 0.2) is 24.8 Å². The predicted molar refractivity (Wildman–Crippen MR) is 131 cm³/mol. The number of halogens is 2. The number of anilines is 2. The molecule has 174 valence electrons. The fourth-order valence-corrected chi connectivity index (χ4v) is 5.91. The topological polar surface area (TPSA) is 89.2 Å². The van der Waals surface area contributed by atoms with Crippen LogP contribution in [-0.2, 0) is 0 Å². The molecule has 7 nitrogen and oxygen atoms in total. The maximum atomic E-state index is 16.3. The molecule has 4 heterocycles. The van der Waals surface area contributed by atoms with E-state index in [2.05, 4.69) is 31.7 Å². The van der Waals surface area contributed by atoms with Gasteiger partial charge in [-0.15, -0.1) is 0 Å². The molecule has 2 aliphatic heterocycles. The van der Waals surface area contributed by atoms with Crippen LogP contribution in [0.4, 0.5) is 19.7 Å². The fourth-order valence-electron chi connectivity index (χ4n) is 5.14. The zero-order valence-corrected chi connectivity index (χ0v) is 19.3. The number of thiazole rings is 1. The second-order valence-electron chi connectivity index (χ2n) is 8.66. The number of hydrogen-bond acceptors (Lipinski definition) is 8. The predicted octanol–water partition coefficient (Wildman–Crippen LogP) is 4.36. The fraction of sp³-hybridized carbons (Fsp3) is 0.292. The average molecular weight is 481 g/mol. The van der Waals surface area contributed by atoms with Crippen molar-refractivity contribution in [2.45, 2.75) is 24.9 Å². The van der Waals surface area contributed by atoms with Gasteiger partial charge in [-0.3, -0.25) is 0 Å². The van der Waals surface area contributed by atoms with E-state index in [0.717, 1.165) is 37.3 Å². The Morgan fingerprint density at radius 3 is 2.65 bits per heavy atom. The Morgan fingerprint density at radius 1 is 1.18 bits per heavy atom. The van der Waals surface area contributed by atoms with E-state index in [1.54, 1.807) is 6.08 Å². The molecule has 0 amide bonds. The van der Waals surface area contributed by atoms with Crippen molar-refractivity contribution in [3.05, 3.63) is 42.0 Å². The highest BCUT2D eigenvalue weighted by atomic mass is 32.1. The van der Waals surface area contributed by atoms with Crippen molar-refractivity contribution in [1.29, 1.82) is 0 Å². The van der Waals surface area contributed by atoms with Gasteiger partial charge in [0.05, 0.1) is 17.3 Å². The van der Waals surface area contributed by atoms with E-state index in [9.17, 15) is 4.39 Å². The Hall–Kier alpha value is -3.37. The number of methoxy groups -OCH3 is 1. The number of nitrogens with one attached hydrogen (secondary N) is 1. The third-order valence-electron chi connectivity index (χ3n) is 6.62. The molecule has 2 fully saturated rings. The molecule has 0 spiro atoms. The van der Waals surface area contributed by atoms with E-state index in [-0.39, 0.29) is 26.9 Å². The number of nitrogens with zero attached hydrogens (tertiary/aromatic N) is 4. The molecule has 10 heteroatoms. The summed E-state index contributed by atoms with van der Waals surface area (Å²) >= 11 is 1.03. The Balaban J connectivity index is 1.62.